The molecule has 3 N–H and O–H groups in total. The first-order chi connectivity index (χ1) is 12.6. The van der Waals surface area contributed by atoms with Gasteiger partial charge in [0, 0.05) is 18.7 Å². The minimum atomic E-state index is -1.07. The van der Waals surface area contributed by atoms with Crippen LogP contribution in [0.5, 0.6) is 0 Å². The first-order valence-corrected chi connectivity index (χ1v) is 9.97. The SMILES string of the molecule is CCCCCCCCCCCCNC(=O)c1cccc(CNC(=O)O)c1. The summed E-state index contributed by atoms with van der Waals surface area (Å²) in [5.74, 6) is -0.0990. The van der Waals surface area contributed by atoms with Crippen LogP contribution in [0.25, 0.3) is 0 Å². The lowest BCUT2D eigenvalue weighted by atomic mass is 10.1. The number of carboxylic acid groups (broad SMARTS) is 1. The van der Waals surface area contributed by atoms with Gasteiger partial charge in [-0.25, -0.2) is 4.79 Å². The van der Waals surface area contributed by atoms with E-state index in [0.29, 0.717) is 12.1 Å². The fourth-order valence-corrected chi connectivity index (χ4v) is 2.92. The molecule has 0 heterocycles. The van der Waals surface area contributed by atoms with Crippen molar-refractivity contribution in [3.63, 3.8) is 0 Å². The molecule has 146 valence electrons. The van der Waals surface area contributed by atoms with Crippen LogP contribution in [0, 0.1) is 0 Å². The first kappa shape index (κ1) is 22.0. The topological polar surface area (TPSA) is 78.4 Å². The zero-order chi connectivity index (χ0) is 19.0. The molecule has 0 radical (unpaired) electrons. The number of hydrogen-bond acceptors (Lipinski definition) is 2. The molecule has 0 aromatic heterocycles. The lowest BCUT2D eigenvalue weighted by Crippen LogP contribution is -2.25. The molecule has 0 saturated heterocycles. The second-order valence-electron chi connectivity index (χ2n) is 6.80. The van der Waals surface area contributed by atoms with Gasteiger partial charge in [-0.3, -0.25) is 4.79 Å². The van der Waals surface area contributed by atoms with E-state index >= 15 is 0 Å². The molecule has 0 fully saturated rings. The number of carbonyl (C=O) groups excluding carboxylic acids is 1. The summed E-state index contributed by atoms with van der Waals surface area (Å²) in [5, 5.41) is 13.9. The van der Waals surface area contributed by atoms with E-state index in [1.54, 1.807) is 24.3 Å². The molecule has 5 heteroatoms. The molecule has 1 aromatic rings. The van der Waals surface area contributed by atoms with Gasteiger partial charge in [0.15, 0.2) is 0 Å². The Bertz CT molecular complexity index is 532. The van der Waals surface area contributed by atoms with Crippen molar-refractivity contribution in [2.24, 2.45) is 0 Å². The summed E-state index contributed by atoms with van der Waals surface area (Å²) in [5.41, 5.74) is 1.35. The monoisotopic (exact) mass is 362 g/mol. The van der Waals surface area contributed by atoms with E-state index in [1.807, 2.05) is 0 Å². The smallest absolute Gasteiger partial charge is 0.404 e. The van der Waals surface area contributed by atoms with Gasteiger partial charge in [0.2, 0.25) is 0 Å². The van der Waals surface area contributed by atoms with Crippen molar-refractivity contribution in [2.75, 3.05) is 6.54 Å². The zero-order valence-electron chi connectivity index (χ0n) is 16.1. The Kier molecular flexibility index (Phi) is 12.0. The number of unbranched alkanes of at least 4 members (excludes halogenated alkanes) is 9. The summed E-state index contributed by atoms with van der Waals surface area (Å²) in [6.45, 7) is 3.13. The lowest BCUT2D eigenvalue weighted by Gasteiger charge is -2.07. The first-order valence-electron chi connectivity index (χ1n) is 9.97. The third-order valence-corrected chi connectivity index (χ3v) is 4.45. The normalized spacial score (nSPS) is 10.5. The molecule has 0 spiro atoms. The van der Waals surface area contributed by atoms with Crippen molar-refractivity contribution in [1.29, 1.82) is 0 Å². The second-order valence-corrected chi connectivity index (χ2v) is 6.80. The van der Waals surface area contributed by atoms with Gasteiger partial charge in [-0.2, -0.15) is 0 Å². The van der Waals surface area contributed by atoms with Crippen LogP contribution >= 0.6 is 0 Å². The molecule has 0 unspecified atom stereocenters. The Labute approximate surface area is 157 Å². The van der Waals surface area contributed by atoms with Crippen molar-refractivity contribution < 1.29 is 14.7 Å². The highest BCUT2D eigenvalue weighted by atomic mass is 16.4. The molecule has 0 aliphatic rings. The highest BCUT2D eigenvalue weighted by Crippen LogP contribution is 2.10. The highest BCUT2D eigenvalue weighted by Gasteiger charge is 2.06. The Hall–Kier alpha value is -2.04. The molecule has 26 heavy (non-hydrogen) atoms. The van der Waals surface area contributed by atoms with Crippen LogP contribution in [0.2, 0.25) is 0 Å². The maximum atomic E-state index is 12.1. The molecule has 0 atom stereocenters. The molecular formula is C21H34N2O3. The van der Waals surface area contributed by atoms with Gasteiger partial charge in [0.1, 0.15) is 0 Å². The molecule has 0 saturated carbocycles. The van der Waals surface area contributed by atoms with Gasteiger partial charge in [-0.15, -0.1) is 0 Å². The standard InChI is InChI=1S/C21H34N2O3/c1-2-3-4-5-6-7-8-9-10-11-15-22-20(24)19-14-12-13-18(16-19)17-23-21(25)26/h12-14,16,23H,2-11,15,17H2,1H3,(H,22,24)(H,25,26). The van der Waals surface area contributed by atoms with Crippen LogP contribution in [-0.4, -0.2) is 23.7 Å². The molecule has 0 aliphatic heterocycles. The average molecular weight is 363 g/mol. The van der Waals surface area contributed by atoms with E-state index < -0.39 is 6.09 Å². The number of nitrogens with one attached hydrogen (secondary N) is 2. The highest BCUT2D eigenvalue weighted by molar-refractivity contribution is 5.94. The summed E-state index contributed by atoms with van der Waals surface area (Å²) >= 11 is 0. The minimum Gasteiger partial charge on any atom is -0.465 e. The number of benzene rings is 1. The van der Waals surface area contributed by atoms with Gasteiger partial charge >= 0.3 is 6.09 Å². The zero-order valence-corrected chi connectivity index (χ0v) is 16.1. The number of hydrogen-bond donors (Lipinski definition) is 3. The predicted molar refractivity (Wildman–Crippen MR) is 105 cm³/mol. The van der Waals surface area contributed by atoms with Crippen LogP contribution in [0.1, 0.15) is 87.1 Å². The predicted octanol–water partition coefficient (Wildman–Crippen LogP) is 5.10. The fraction of sp³-hybridized carbons (Fsp3) is 0.619. The Morgan fingerprint density at radius 2 is 1.50 bits per heavy atom. The summed E-state index contributed by atoms with van der Waals surface area (Å²) in [6, 6.07) is 7.05. The lowest BCUT2D eigenvalue weighted by molar-refractivity contribution is 0.0952. The molecule has 1 rings (SSSR count). The van der Waals surface area contributed by atoms with Crippen LogP contribution in [0.15, 0.2) is 24.3 Å². The fourth-order valence-electron chi connectivity index (χ4n) is 2.92. The van der Waals surface area contributed by atoms with Gasteiger partial charge in [-0.05, 0) is 24.1 Å². The Morgan fingerprint density at radius 1 is 0.885 bits per heavy atom. The van der Waals surface area contributed by atoms with Crippen LogP contribution < -0.4 is 10.6 Å². The molecule has 0 aliphatic carbocycles. The molecule has 2 amide bonds. The maximum absolute atomic E-state index is 12.1. The number of rotatable bonds is 14. The van der Waals surface area contributed by atoms with Crippen molar-refractivity contribution in [2.45, 2.75) is 77.7 Å². The molecule has 1 aromatic carbocycles. The van der Waals surface area contributed by atoms with Crippen LogP contribution in [0.4, 0.5) is 4.79 Å². The summed E-state index contributed by atoms with van der Waals surface area (Å²) < 4.78 is 0. The minimum absolute atomic E-state index is 0.0990. The quantitative estimate of drug-likeness (QED) is 0.403. The van der Waals surface area contributed by atoms with Crippen LogP contribution in [0.3, 0.4) is 0 Å². The summed E-state index contributed by atoms with van der Waals surface area (Å²) in [4.78, 5) is 22.7. The summed E-state index contributed by atoms with van der Waals surface area (Å²) in [6.07, 6.45) is 11.7. The Morgan fingerprint density at radius 3 is 2.12 bits per heavy atom. The van der Waals surface area contributed by atoms with Crippen LogP contribution in [-0.2, 0) is 6.54 Å². The largest absolute Gasteiger partial charge is 0.465 e. The van der Waals surface area contributed by atoms with E-state index in [9.17, 15) is 9.59 Å². The molecule has 0 bridgehead atoms. The third-order valence-electron chi connectivity index (χ3n) is 4.45. The van der Waals surface area contributed by atoms with Crippen molar-refractivity contribution in [1.82, 2.24) is 10.6 Å². The van der Waals surface area contributed by atoms with E-state index in [2.05, 4.69) is 17.6 Å². The van der Waals surface area contributed by atoms with E-state index in [1.165, 1.54) is 51.4 Å². The van der Waals surface area contributed by atoms with Gasteiger partial charge in [0.05, 0.1) is 0 Å². The van der Waals surface area contributed by atoms with E-state index in [4.69, 9.17) is 5.11 Å². The van der Waals surface area contributed by atoms with E-state index in [0.717, 1.165) is 18.4 Å². The summed E-state index contributed by atoms with van der Waals surface area (Å²) in [7, 11) is 0. The van der Waals surface area contributed by atoms with Gasteiger partial charge in [-0.1, -0.05) is 76.8 Å². The second kappa shape index (κ2) is 14.2. The molecular weight excluding hydrogens is 328 g/mol. The van der Waals surface area contributed by atoms with Gasteiger partial charge in [0.25, 0.3) is 5.91 Å². The number of carbonyl (C=O) groups is 2. The van der Waals surface area contributed by atoms with Crippen molar-refractivity contribution in [3.05, 3.63) is 35.4 Å². The number of amides is 2. The van der Waals surface area contributed by atoms with Gasteiger partial charge < -0.3 is 15.7 Å². The van der Waals surface area contributed by atoms with Crippen molar-refractivity contribution in [3.8, 4) is 0 Å². The molecule has 5 nitrogen and oxygen atoms in total. The Balaban J connectivity index is 2.09. The van der Waals surface area contributed by atoms with E-state index in [-0.39, 0.29) is 12.5 Å². The maximum Gasteiger partial charge on any atom is 0.404 e. The third kappa shape index (κ3) is 10.7. The van der Waals surface area contributed by atoms with Crippen molar-refractivity contribution >= 4 is 12.0 Å². The average Bonchev–Trinajstić information content (AvgIpc) is 2.64.